The van der Waals surface area contributed by atoms with Crippen molar-refractivity contribution in [3.63, 3.8) is 0 Å². The molecule has 0 saturated carbocycles. The molecule has 1 aliphatic heterocycles. The summed E-state index contributed by atoms with van der Waals surface area (Å²) in [6.45, 7) is 4.42. The summed E-state index contributed by atoms with van der Waals surface area (Å²) in [7, 11) is 0. The molecule has 0 spiro atoms. The number of nitrogens with zero attached hydrogens (tertiary/aromatic N) is 1. The lowest BCUT2D eigenvalue weighted by Gasteiger charge is -2.29. The molecule has 1 unspecified atom stereocenters. The second kappa shape index (κ2) is 8.96. The van der Waals surface area contributed by atoms with Crippen LogP contribution in [0.25, 0.3) is 0 Å². The van der Waals surface area contributed by atoms with Crippen LogP contribution in [0.2, 0.25) is 0 Å². The number of carboxylic acid groups (broad SMARTS) is 1. The van der Waals surface area contributed by atoms with E-state index in [1.165, 1.54) is 0 Å². The molecule has 1 heterocycles. The summed E-state index contributed by atoms with van der Waals surface area (Å²) in [6.07, 6.45) is 0.259. The van der Waals surface area contributed by atoms with E-state index in [2.05, 4.69) is 0 Å². The first-order chi connectivity index (χ1) is 13.9. The minimum Gasteiger partial charge on any atom is -0.492 e. The molecular formula is C22H25NO6. The number of anilines is 1. The number of aliphatic carboxylic acids is 1. The van der Waals surface area contributed by atoms with E-state index in [0.717, 1.165) is 11.3 Å². The maximum absolute atomic E-state index is 12.2. The smallest absolute Gasteiger partial charge is 0.336 e. The Kier molecular flexibility index (Phi) is 6.39. The average molecular weight is 399 g/mol. The molecule has 0 radical (unpaired) electrons. The molecule has 0 fully saturated rings. The predicted molar refractivity (Wildman–Crippen MR) is 108 cm³/mol. The Morgan fingerprint density at radius 2 is 1.93 bits per heavy atom. The van der Waals surface area contributed by atoms with Gasteiger partial charge in [-0.25, -0.2) is 4.79 Å². The lowest BCUT2D eigenvalue weighted by molar-refractivity contribution is -0.162. The second-order valence-electron chi connectivity index (χ2n) is 6.94. The Hall–Kier alpha value is -3.06. The lowest BCUT2D eigenvalue weighted by atomic mass is 9.96. The highest BCUT2D eigenvalue weighted by molar-refractivity contribution is 5.97. The molecule has 29 heavy (non-hydrogen) atoms. The van der Waals surface area contributed by atoms with E-state index in [-0.39, 0.29) is 18.9 Å². The van der Waals surface area contributed by atoms with Crippen LogP contribution < -0.4 is 14.4 Å². The van der Waals surface area contributed by atoms with E-state index in [1.807, 2.05) is 36.4 Å². The number of ether oxygens (including phenoxy) is 3. The molecule has 1 aliphatic rings. The molecule has 0 bridgehead atoms. The van der Waals surface area contributed by atoms with Crippen molar-refractivity contribution < 1.29 is 28.9 Å². The Bertz CT molecular complexity index is 866. The predicted octanol–water partition coefficient (Wildman–Crippen LogP) is 2.91. The Labute approximate surface area is 169 Å². The van der Waals surface area contributed by atoms with Crippen molar-refractivity contribution in [2.75, 3.05) is 31.3 Å². The number of carbonyl (C=O) groups is 2. The number of carbonyl (C=O) groups excluding carboxylic acids is 1. The van der Waals surface area contributed by atoms with Gasteiger partial charge in [0.05, 0.1) is 12.2 Å². The quantitative estimate of drug-likeness (QED) is 0.698. The maximum Gasteiger partial charge on any atom is 0.336 e. The third-order valence-electron chi connectivity index (χ3n) is 4.77. The highest BCUT2D eigenvalue weighted by Crippen LogP contribution is 2.31. The van der Waals surface area contributed by atoms with Crippen LogP contribution >= 0.6 is 0 Å². The van der Waals surface area contributed by atoms with Gasteiger partial charge in [-0.3, -0.25) is 4.79 Å². The van der Waals surface area contributed by atoms with Crippen molar-refractivity contribution in [1.82, 2.24) is 0 Å². The van der Waals surface area contributed by atoms with Crippen molar-refractivity contribution >= 4 is 17.6 Å². The van der Waals surface area contributed by atoms with Crippen LogP contribution in [0.5, 0.6) is 11.5 Å². The zero-order chi connectivity index (χ0) is 20.9. The number of fused-ring (bicyclic) bond motifs is 1. The van der Waals surface area contributed by atoms with Crippen LogP contribution in [0.3, 0.4) is 0 Å². The fraction of sp³-hybridized carbons (Fsp3) is 0.364. The molecule has 154 valence electrons. The summed E-state index contributed by atoms with van der Waals surface area (Å²) in [4.78, 5) is 25.3. The molecular weight excluding hydrogens is 374 g/mol. The van der Waals surface area contributed by atoms with Crippen molar-refractivity contribution in [3.8, 4) is 11.5 Å². The number of amides is 1. The van der Waals surface area contributed by atoms with Gasteiger partial charge in [-0.15, -0.1) is 0 Å². The van der Waals surface area contributed by atoms with Gasteiger partial charge in [0.2, 0.25) is 0 Å². The van der Waals surface area contributed by atoms with E-state index in [4.69, 9.17) is 14.2 Å². The zero-order valence-corrected chi connectivity index (χ0v) is 16.6. The minimum absolute atomic E-state index is 0.0217. The molecule has 2 aromatic carbocycles. The van der Waals surface area contributed by atoms with Gasteiger partial charge in [0.25, 0.3) is 5.91 Å². The number of rotatable bonds is 9. The highest BCUT2D eigenvalue weighted by Gasteiger charge is 2.34. The maximum atomic E-state index is 12.2. The first-order valence-corrected chi connectivity index (χ1v) is 9.54. The fourth-order valence-electron chi connectivity index (χ4n) is 3.25. The van der Waals surface area contributed by atoms with Crippen LogP contribution in [0.4, 0.5) is 5.69 Å². The molecule has 3 rings (SSSR count). The van der Waals surface area contributed by atoms with Crippen molar-refractivity contribution in [1.29, 1.82) is 0 Å². The van der Waals surface area contributed by atoms with E-state index in [0.29, 0.717) is 31.3 Å². The second-order valence-corrected chi connectivity index (χ2v) is 6.94. The summed E-state index contributed by atoms with van der Waals surface area (Å²) in [5.41, 5.74) is 0.320. The largest absolute Gasteiger partial charge is 0.492 e. The van der Waals surface area contributed by atoms with Gasteiger partial charge in [-0.2, -0.15) is 0 Å². The summed E-state index contributed by atoms with van der Waals surface area (Å²) in [5.74, 6) is 0.241. The number of benzene rings is 2. The summed E-state index contributed by atoms with van der Waals surface area (Å²) >= 11 is 0. The monoisotopic (exact) mass is 399 g/mol. The SMILES string of the molecule is CCOC(C)(Cc1ccc(OCCN2C(=O)COc3ccccc32)cc1)C(=O)O. The van der Waals surface area contributed by atoms with Gasteiger partial charge in [0.1, 0.15) is 18.1 Å². The van der Waals surface area contributed by atoms with E-state index in [1.54, 1.807) is 30.9 Å². The molecule has 2 aromatic rings. The molecule has 7 heteroatoms. The summed E-state index contributed by atoms with van der Waals surface area (Å²) in [6, 6.07) is 14.6. The van der Waals surface area contributed by atoms with E-state index in [9.17, 15) is 14.7 Å². The first-order valence-electron chi connectivity index (χ1n) is 9.54. The number of hydrogen-bond donors (Lipinski definition) is 1. The number of carboxylic acids is 1. The van der Waals surface area contributed by atoms with Gasteiger partial charge in [-0.05, 0) is 43.7 Å². The van der Waals surface area contributed by atoms with Gasteiger partial charge < -0.3 is 24.2 Å². The van der Waals surface area contributed by atoms with Crippen LogP contribution in [-0.2, 0) is 20.7 Å². The molecule has 7 nitrogen and oxygen atoms in total. The highest BCUT2D eigenvalue weighted by atomic mass is 16.5. The molecule has 1 amide bonds. The van der Waals surface area contributed by atoms with Gasteiger partial charge in [-0.1, -0.05) is 24.3 Å². The van der Waals surface area contributed by atoms with Gasteiger partial charge >= 0.3 is 5.97 Å². The Balaban J connectivity index is 1.57. The lowest BCUT2D eigenvalue weighted by Crippen LogP contribution is -2.41. The first kappa shape index (κ1) is 20.7. The van der Waals surface area contributed by atoms with Gasteiger partial charge in [0.15, 0.2) is 12.2 Å². The molecule has 0 aliphatic carbocycles. The van der Waals surface area contributed by atoms with Crippen LogP contribution in [0.1, 0.15) is 19.4 Å². The van der Waals surface area contributed by atoms with E-state index >= 15 is 0 Å². The topological polar surface area (TPSA) is 85.3 Å². The molecule has 1 atom stereocenters. The summed E-state index contributed by atoms with van der Waals surface area (Å²) in [5, 5.41) is 9.42. The molecule has 0 saturated heterocycles. The number of hydrogen-bond acceptors (Lipinski definition) is 5. The minimum atomic E-state index is -1.26. The molecule has 0 aromatic heterocycles. The zero-order valence-electron chi connectivity index (χ0n) is 16.6. The van der Waals surface area contributed by atoms with Crippen LogP contribution in [0.15, 0.2) is 48.5 Å². The van der Waals surface area contributed by atoms with Crippen molar-refractivity contribution in [3.05, 3.63) is 54.1 Å². The normalized spacial score (nSPS) is 15.2. The van der Waals surface area contributed by atoms with Crippen molar-refractivity contribution in [2.24, 2.45) is 0 Å². The fourth-order valence-corrected chi connectivity index (χ4v) is 3.25. The molecule has 1 N–H and O–H groups in total. The average Bonchev–Trinajstić information content (AvgIpc) is 2.71. The Morgan fingerprint density at radius 3 is 2.62 bits per heavy atom. The summed E-state index contributed by atoms with van der Waals surface area (Å²) < 4.78 is 16.6. The van der Waals surface area contributed by atoms with Crippen molar-refractivity contribution in [2.45, 2.75) is 25.9 Å². The van der Waals surface area contributed by atoms with Gasteiger partial charge in [0, 0.05) is 13.0 Å². The third-order valence-corrected chi connectivity index (χ3v) is 4.77. The van der Waals surface area contributed by atoms with E-state index < -0.39 is 11.6 Å². The Morgan fingerprint density at radius 1 is 1.21 bits per heavy atom. The van der Waals surface area contributed by atoms with Crippen LogP contribution in [-0.4, -0.2) is 48.9 Å². The third kappa shape index (κ3) is 4.86. The standard InChI is InChI=1S/C22H25NO6/c1-3-29-22(2,21(25)26)14-16-8-10-17(11-9-16)27-13-12-23-18-6-4-5-7-19(18)28-15-20(23)24/h4-11H,3,12-15H2,1-2H3,(H,25,26). The number of para-hydroxylation sites is 2. The van der Waals surface area contributed by atoms with Crippen LogP contribution in [0, 0.1) is 0 Å².